The Hall–Kier alpha value is -0.580. The largest absolute Gasteiger partial charge is 0.392 e. The fraction of sp³-hybridized carbons (Fsp3) is 0.545. The fourth-order valence-corrected chi connectivity index (χ4v) is 1.67. The number of nitrogens with zero attached hydrogens (tertiary/aromatic N) is 1. The second-order valence-corrected chi connectivity index (χ2v) is 4.63. The van der Waals surface area contributed by atoms with E-state index in [2.05, 4.69) is 20.9 Å². The van der Waals surface area contributed by atoms with Gasteiger partial charge in [0.1, 0.15) is 0 Å². The molecule has 1 rings (SSSR count). The summed E-state index contributed by atoms with van der Waals surface area (Å²) in [5, 5.41) is 0. The number of hydrogen-bond donors (Lipinski definition) is 0. The highest BCUT2D eigenvalue weighted by molar-refractivity contribution is 9.10. The van der Waals surface area contributed by atoms with Crippen molar-refractivity contribution in [2.75, 3.05) is 0 Å². The quantitative estimate of drug-likeness (QED) is 0.811. The van der Waals surface area contributed by atoms with Gasteiger partial charge >= 0.3 is 6.18 Å². The second kappa shape index (κ2) is 5.17. The Balaban J connectivity index is 2.83. The molecule has 1 nitrogen and oxygen atoms in total. The van der Waals surface area contributed by atoms with Crippen LogP contribution in [0, 0.1) is 12.8 Å². The molecule has 0 aromatic carbocycles. The van der Waals surface area contributed by atoms with Crippen molar-refractivity contribution in [2.24, 2.45) is 5.92 Å². The molecule has 1 aromatic heterocycles. The van der Waals surface area contributed by atoms with Gasteiger partial charge in [0.05, 0.1) is 5.92 Å². The number of aryl methyl sites for hydroxylation is 1. The molecule has 0 aliphatic heterocycles. The van der Waals surface area contributed by atoms with Gasteiger partial charge in [-0.25, -0.2) is 0 Å². The van der Waals surface area contributed by atoms with Crippen molar-refractivity contribution in [3.63, 3.8) is 0 Å². The number of alkyl halides is 3. The monoisotopic (exact) mass is 295 g/mol. The molecule has 0 saturated heterocycles. The molecule has 1 heterocycles. The van der Waals surface area contributed by atoms with Crippen molar-refractivity contribution < 1.29 is 13.2 Å². The van der Waals surface area contributed by atoms with Crippen LogP contribution in [0.15, 0.2) is 16.7 Å². The van der Waals surface area contributed by atoms with E-state index in [0.29, 0.717) is 5.69 Å². The molecule has 0 saturated carbocycles. The lowest BCUT2D eigenvalue weighted by Crippen LogP contribution is -2.24. The topological polar surface area (TPSA) is 12.9 Å². The summed E-state index contributed by atoms with van der Waals surface area (Å²) in [6.07, 6.45) is -2.56. The Morgan fingerprint density at radius 3 is 2.50 bits per heavy atom. The SMILES string of the molecule is CC[C@H](Cc1cc(C)c(Br)cn1)C(F)(F)F. The third-order valence-electron chi connectivity index (χ3n) is 2.51. The predicted molar refractivity (Wildman–Crippen MR) is 60.2 cm³/mol. The van der Waals surface area contributed by atoms with Gasteiger partial charge in [-0.3, -0.25) is 4.98 Å². The lowest BCUT2D eigenvalue weighted by molar-refractivity contribution is -0.175. The van der Waals surface area contributed by atoms with Crippen LogP contribution in [0.25, 0.3) is 0 Å². The van der Waals surface area contributed by atoms with Crippen molar-refractivity contribution in [3.05, 3.63) is 28.0 Å². The van der Waals surface area contributed by atoms with E-state index >= 15 is 0 Å². The molecule has 0 fully saturated rings. The van der Waals surface area contributed by atoms with Crippen LogP contribution in [0.4, 0.5) is 13.2 Å². The molecule has 0 unspecified atom stereocenters. The first-order chi connectivity index (χ1) is 7.34. The normalized spacial score (nSPS) is 13.9. The van der Waals surface area contributed by atoms with Crippen LogP contribution < -0.4 is 0 Å². The third kappa shape index (κ3) is 3.47. The van der Waals surface area contributed by atoms with Crippen molar-refractivity contribution in [2.45, 2.75) is 32.9 Å². The van der Waals surface area contributed by atoms with Gasteiger partial charge < -0.3 is 0 Å². The first-order valence-electron chi connectivity index (χ1n) is 5.02. The number of halogens is 4. The first-order valence-corrected chi connectivity index (χ1v) is 5.81. The van der Waals surface area contributed by atoms with Crippen LogP contribution in [-0.4, -0.2) is 11.2 Å². The summed E-state index contributed by atoms with van der Waals surface area (Å²) in [6.45, 7) is 3.38. The minimum absolute atomic E-state index is 0.0475. The number of aromatic nitrogens is 1. The molecule has 0 aliphatic rings. The molecule has 0 N–H and O–H groups in total. The Bertz CT molecular complexity index is 363. The second-order valence-electron chi connectivity index (χ2n) is 3.78. The summed E-state index contributed by atoms with van der Waals surface area (Å²) in [7, 11) is 0. The molecule has 0 amide bonds. The zero-order chi connectivity index (χ0) is 12.3. The number of pyridine rings is 1. The Morgan fingerprint density at radius 1 is 1.44 bits per heavy atom. The number of hydrogen-bond acceptors (Lipinski definition) is 1. The van der Waals surface area contributed by atoms with Crippen LogP contribution in [0.2, 0.25) is 0 Å². The maximum Gasteiger partial charge on any atom is 0.392 e. The molecule has 1 aromatic rings. The summed E-state index contributed by atoms with van der Waals surface area (Å²) in [4.78, 5) is 3.99. The molecule has 0 aliphatic carbocycles. The molecular weight excluding hydrogens is 283 g/mol. The van der Waals surface area contributed by atoms with Gasteiger partial charge in [0.2, 0.25) is 0 Å². The number of rotatable bonds is 3. The minimum atomic E-state index is -4.14. The lowest BCUT2D eigenvalue weighted by Gasteiger charge is -2.18. The lowest BCUT2D eigenvalue weighted by atomic mass is 9.99. The van der Waals surface area contributed by atoms with Crippen molar-refractivity contribution in [3.8, 4) is 0 Å². The van der Waals surface area contributed by atoms with Crippen molar-refractivity contribution >= 4 is 15.9 Å². The highest BCUT2D eigenvalue weighted by atomic mass is 79.9. The Labute approximate surface area is 101 Å². The van der Waals surface area contributed by atoms with E-state index in [4.69, 9.17) is 0 Å². The Kier molecular flexibility index (Phi) is 4.35. The minimum Gasteiger partial charge on any atom is -0.260 e. The average Bonchev–Trinajstić information content (AvgIpc) is 2.18. The van der Waals surface area contributed by atoms with Crippen LogP contribution >= 0.6 is 15.9 Å². The highest BCUT2D eigenvalue weighted by Crippen LogP contribution is 2.31. The zero-order valence-corrected chi connectivity index (χ0v) is 10.7. The summed E-state index contributed by atoms with van der Waals surface area (Å²) in [6, 6.07) is 1.69. The van der Waals surface area contributed by atoms with Gasteiger partial charge in [0.25, 0.3) is 0 Å². The zero-order valence-electron chi connectivity index (χ0n) is 9.11. The molecule has 16 heavy (non-hydrogen) atoms. The highest BCUT2D eigenvalue weighted by Gasteiger charge is 2.38. The molecule has 90 valence electrons. The molecular formula is C11H13BrF3N. The van der Waals surface area contributed by atoms with Crippen LogP contribution in [0.5, 0.6) is 0 Å². The van der Waals surface area contributed by atoms with Crippen molar-refractivity contribution in [1.82, 2.24) is 4.98 Å². The predicted octanol–water partition coefficient (Wildman–Crippen LogP) is 4.28. The Morgan fingerprint density at radius 2 is 2.06 bits per heavy atom. The summed E-state index contributed by atoms with van der Waals surface area (Å²) >= 11 is 3.27. The van der Waals surface area contributed by atoms with E-state index in [9.17, 15) is 13.2 Å². The molecule has 1 atom stereocenters. The summed E-state index contributed by atoms with van der Waals surface area (Å²) < 4.78 is 38.5. The van der Waals surface area contributed by atoms with Crippen molar-refractivity contribution in [1.29, 1.82) is 0 Å². The van der Waals surface area contributed by atoms with E-state index in [1.165, 1.54) is 0 Å². The van der Waals surface area contributed by atoms with E-state index in [-0.39, 0.29) is 12.8 Å². The van der Waals surface area contributed by atoms with Gasteiger partial charge in [-0.1, -0.05) is 6.92 Å². The molecule has 0 radical (unpaired) electrons. The average molecular weight is 296 g/mol. The fourth-order valence-electron chi connectivity index (χ4n) is 1.45. The van der Waals surface area contributed by atoms with Gasteiger partial charge in [0, 0.05) is 22.8 Å². The van der Waals surface area contributed by atoms with Crippen LogP contribution in [0.3, 0.4) is 0 Å². The molecule has 0 bridgehead atoms. The molecule has 5 heteroatoms. The standard InChI is InChI=1S/C11H13BrF3N/c1-3-8(11(13,14)15)5-9-4-7(2)10(12)6-16-9/h4,6,8H,3,5H2,1-2H3/t8-/m1/s1. The smallest absolute Gasteiger partial charge is 0.260 e. The third-order valence-corrected chi connectivity index (χ3v) is 3.34. The van der Waals surface area contributed by atoms with E-state index in [0.717, 1.165) is 10.0 Å². The summed E-state index contributed by atoms with van der Waals surface area (Å²) in [5.41, 5.74) is 1.40. The maximum absolute atomic E-state index is 12.5. The molecule has 0 spiro atoms. The maximum atomic E-state index is 12.5. The van der Waals surface area contributed by atoms with Gasteiger partial charge in [-0.2, -0.15) is 13.2 Å². The summed E-state index contributed by atoms with van der Waals surface area (Å²) in [5.74, 6) is -1.31. The van der Waals surface area contributed by atoms with Crippen LogP contribution in [-0.2, 0) is 6.42 Å². The first kappa shape index (κ1) is 13.5. The van der Waals surface area contributed by atoms with E-state index < -0.39 is 12.1 Å². The van der Waals surface area contributed by atoms with Gasteiger partial charge in [-0.15, -0.1) is 0 Å². The van der Waals surface area contributed by atoms with E-state index in [1.54, 1.807) is 19.2 Å². The van der Waals surface area contributed by atoms with Gasteiger partial charge in [-0.05, 0) is 40.9 Å². The van der Waals surface area contributed by atoms with Gasteiger partial charge in [0.15, 0.2) is 0 Å². The van der Waals surface area contributed by atoms with Crippen LogP contribution in [0.1, 0.15) is 24.6 Å². The van der Waals surface area contributed by atoms with E-state index in [1.807, 2.05) is 6.92 Å².